The predicted octanol–water partition coefficient (Wildman–Crippen LogP) is 2.34. The Morgan fingerprint density at radius 1 is 1.25 bits per heavy atom. The third-order valence-corrected chi connectivity index (χ3v) is 6.00. The van der Waals surface area contributed by atoms with Crippen LogP contribution in [0.15, 0.2) is 36.9 Å². The van der Waals surface area contributed by atoms with Crippen LogP contribution >= 0.6 is 0 Å². The van der Waals surface area contributed by atoms with Crippen molar-refractivity contribution in [2.24, 2.45) is 5.41 Å². The van der Waals surface area contributed by atoms with Crippen LogP contribution in [0.4, 0.5) is 0 Å². The minimum absolute atomic E-state index is 0.00915. The summed E-state index contributed by atoms with van der Waals surface area (Å²) in [7, 11) is 0. The molecular formula is C21H27N5O2. The Morgan fingerprint density at radius 3 is 2.89 bits per heavy atom. The van der Waals surface area contributed by atoms with Crippen molar-refractivity contribution < 1.29 is 9.59 Å². The van der Waals surface area contributed by atoms with Gasteiger partial charge in [0.15, 0.2) is 0 Å². The van der Waals surface area contributed by atoms with Crippen molar-refractivity contribution in [1.29, 1.82) is 0 Å². The van der Waals surface area contributed by atoms with Gasteiger partial charge in [-0.3, -0.25) is 19.3 Å². The SMILES string of the molecule is CCn1cc(C(=O)N2CCCC3(CCC(=O)N(Cc4cccnc4)C3)C2)cn1. The van der Waals surface area contributed by atoms with Crippen LogP contribution in [0.3, 0.4) is 0 Å². The van der Waals surface area contributed by atoms with Crippen molar-refractivity contribution in [3.8, 4) is 0 Å². The summed E-state index contributed by atoms with van der Waals surface area (Å²) in [6.07, 6.45) is 10.5. The number of carbonyl (C=O) groups is 2. The topological polar surface area (TPSA) is 71.3 Å². The number of aryl methyl sites for hydroxylation is 1. The van der Waals surface area contributed by atoms with Crippen molar-refractivity contribution in [2.45, 2.75) is 45.7 Å². The molecule has 148 valence electrons. The predicted molar refractivity (Wildman–Crippen MR) is 104 cm³/mol. The number of rotatable bonds is 4. The van der Waals surface area contributed by atoms with Gasteiger partial charge in [0.2, 0.25) is 5.91 Å². The molecule has 1 spiro atoms. The van der Waals surface area contributed by atoms with E-state index in [0.29, 0.717) is 31.6 Å². The first kappa shape index (κ1) is 18.7. The number of hydrogen-bond donors (Lipinski definition) is 0. The van der Waals surface area contributed by atoms with E-state index in [2.05, 4.69) is 10.1 Å². The van der Waals surface area contributed by atoms with Crippen LogP contribution in [0.2, 0.25) is 0 Å². The van der Waals surface area contributed by atoms with Gasteiger partial charge in [-0.25, -0.2) is 0 Å². The molecule has 0 aromatic carbocycles. The summed E-state index contributed by atoms with van der Waals surface area (Å²) in [6, 6.07) is 3.90. The summed E-state index contributed by atoms with van der Waals surface area (Å²) in [4.78, 5) is 33.6. The highest BCUT2D eigenvalue weighted by atomic mass is 16.2. The van der Waals surface area contributed by atoms with Crippen molar-refractivity contribution in [1.82, 2.24) is 24.6 Å². The average Bonchev–Trinajstić information content (AvgIpc) is 3.21. The largest absolute Gasteiger partial charge is 0.338 e. The maximum Gasteiger partial charge on any atom is 0.257 e. The van der Waals surface area contributed by atoms with Gasteiger partial charge in [0.25, 0.3) is 5.91 Å². The minimum atomic E-state index is -0.00915. The summed E-state index contributed by atoms with van der Waals surface area (Å²) >= 11 is 0. The van der Waals surface area contributed by atoms with Gasteiger partial charge >= 0.3 is 0 Å². The molecule has 1 unspecified atom stereocenters. The number of aromatic nitrogens is 3. The summed E-state index contributed by atoms with van der Waals surface area (Å²) in [5.41, 5.74) is 1.69. The highest BCUT2D eigenvalue weighted by Crippen LogP contribution is 2.39. The Kier molecular flexibility index (Phi) is 5.15. The van der Waals surface area contributed by atoms with Crippen LogP contribution in [0.5, 0.6) is 0 Å². The van der Waals surface area contributed by atoms with Crippen molar-refractivity contribution in [3.63, 3.8) is 0 Å². The first-order valence-corrected chi connectivity index (χ1v) is 10.1. The minimum Gasteiger partial charge on any atom is -0.338 e. The second-order valence-corrected chi connectivity index (χ2v) is 8.03. The molecule has 2 aromatic rings. The first-order valence-electron chi connectivity index (χ1n) is 10.1. The quantitative estimate of drug-likeness (QED) is 0.815. The number of piperidine rings is 2. The molecule has 7 heteroatoms. The Labute approximate surface area is 165 Å². The zero-order valence-corrected chi connectivity index (χ0v) is 16.4. The summed E-state index contributed by atoms with van der Waals surface area (Å²) in [6.45, 7) is 5.54. The van der Waals surface area contributed by atoms with Crippen LogP contribution in [-0.4, -0.2) is 56.0 Å². The lowest BCUT2D eigenvalue weighted by Crippen LogP contribution is -2.54. The Morgan fingerprint density at radius 2 is 2.14 bits per heavy atom. The molecule has 0 radical (unpaired) electrons. The number of amides is 2. The van der Waals surface area contributed by atoms with Gasteiger partial charge in [-0.15, -0.1) is 0 Å². The Balaban J connectivity index is 1.47. The third-order valence-electron chi connectivity index (χ3n) is 6.00. The fraction of sp³-hybridized carbons (Fsp3) is 0.524. The lowest BCUT2D eigenvalue weighted by Gasteiger charge is -2.48. The molecule has 2 aliphatic heterocycles. The molecule has 2 aliphatic rings. The van der Waals surface area contributed by atoms with Gasteiger partial charge in [0, 0.05) is 63.2 Å². The zero-order chi connectivity index (χ0) is 19.6. The third kappa shape index (κ3) is 3.79. The number of carbonyl (C=O) groups excluding carboxylic acids is 2. The highest BCUT2D eigenvalue weighted by Gasteiger charge is 2.42. The van der Waals surface area contributed by atoms with Crippen LogP contribution in [-0.2, 0) is 17.9 Å². The molecule has 2 aromatic heterocycles. The molecule has 7 nitrogen and oxygen atoms in total. The molecule has 4 rings (SSSR count). The van der Waals surface area contributed by atoms with Crippen LogP contribution in [0.1, 0.15) is 48.5 Å². The molecule has 0 aliphatic carbocycles. The molecule has 1 atom stereocenters. The fourth-order valence-electron chi connectivity index (χ4n) is 4.50. The van der Waals surface area contributed by atoms with Crippen LogP contribution in [0, 0.1) is 5.41 Å². The lowest BCUT2D eigenvalue weighted by molar-refractivity contribution is -0.139. The maximum absolute atomic E-state index is 13.0. The summed E-state index contributed by atoms with van der Waals surface area (Å²) in [5, 5.41) is 4.23. The van der Waals surface area contributed by atoms with Gasteiger partial charge in [-0.1, -0.05) is 6.07 Å². The van der Waals surface area contributed by atoms with Crippen molar-refractivity contribution in [3.05, 3.63) is 48.0 Å². The van der Waals surface area contributed by atoms with Gasteiger partial charge in [-0.05, 0) is 37.8 Å². The van der Waals surface area contributed by atoms with Gasteiger partial charge in [-0.2, -0.15) is 5.10 Å². The lowest BCUT2D eigenvalue weighted by atomic mass is 9.73. The second-order valence-electron chi connectivity index (χ2n) is 8.03. The number of nitrogens with zero attached hydrogens (tertiary/aromatic N) is 5. The standard InChI is InChI=1S/C21H27N5O2/c1-2-26-14-18(12-23-26)20(28)24-10-4-7-21(15-24)8-6-19(27)25(16-21)13-17-5-3-9-22-11-17/h3,5,9,11-12,14H,2,4,6-8,10,13,15-16H2,1H3. The average molecular weight is 381 g/mol. The summed E-state index contributed by atoms with van der Waals surface area (Å²) < 4.78 is 1.78. The van der Waals surface area contributed by atoms with E-state index in [9.17, 15) is 9.59 Å². The number of likely N-dealkylation sites (tertiary alicyclic amines) is 2. The molecule has 2 amide bonds. The highest BCUT2D eigenvalue weighted by molar-refractivity contribution is 5.93. The molecule has 4 heterocycles. The van der Waals surface area contributed by atoms with E-state index in [1.54, 1.807) is 17.1 Å². The van der Waals surface area contributed by atoms with Gasteiger partial charge in [0.1, 0.15) is 0 Å². The molecule has 2 fully saturated rings. The first-order chi connectivity index (χ1) is 13.6. The second kappa shape index (κ2) is 7.73. The molecule has 0 N–H and O–H groups in total. The molecule has 2 saturated heterocycles. The van der Waals surface area contributed by atoms with Gasteiger partial charge < -0.3 is 9.80 Å². The van der Waals surface area contributed by atoms with E-state index in [1.165, 1.54) is 0 Å². The molecule has 0 bridgehead atoms. The fourth-order valence-corrected chi connectivity index (χ4v) is 4.50. The van der Waals surface area contributed by atoms with E-state index < -0.39 is 0 Å². The van der Waals surface area contributed by atoms with E-state index >= 15 is 0 Å². The molecular weight excluding hydrogens is 354 g/mol. The van der Waals surface area contributed by atoms with E-state index in [0.717, 1.165) is 37.9 Å². The number of pyridine rings is 1. The maximum atomic E-state index is 13.0. The van der Waals surface area contributed by atoms with Crippen LogP contribution in [0.25, 0.3) is 0 Å². The van der Waals surface area contributed by atoms with Gasteiger partial charge in [0.05, 0.1) is 11.8 Å². The molecule has 0 saturated carbocycles. The van der Waals surface area contributed by atoms with Crippen molar-refractivity contribution >= 4 is 11.8 Å². The van der Waals surface area contributed by atoms with E-state index in [-0.39, 0.29) is 17.2 Å². The Bertz CT molecular complexity index is 849. The van der Waals surface area contributed by atoms with Crippen molar-refractivity contribution in [2.75, 3.05) is 19.6 Å². The Hall–Kier alpha value is -2.70. The zero-order valence-electron chi connectivity index (χ0n) is 16.4. The normalized spacial score (nSPS) is 22.7. The molecule has 28 heavy (non-hydrogen) atoms. The monoisotopic (exact) mass is 381 g/mol. The van der Waals surface area contributed by atoms with E-state index in [1.807, 2.05) is 41.2 Å². The number of hydrogen-bond acceptors (Lipinski definition) is 4. The smallest absolute Gasteiger partial charge is 0.257 e. The van der Waals surface area contributed by atoms with Crippen LogP contribution < -0.4 is 0 Å². The summed E-state index contributed by atoms with van der Waals surface area (Å²) in [5.74, 6) is 0.247. The van der Waals surface area contributed by atoms with E-state index in [4.69, 9.17) is 0 Å².